The predicted molar refractivity (Wildman–Crippen MR) is 83.9 cm³/mol. The summed E-state index contributed by atoms with van der Waals surface area (Å²) in [6.45, 7) is 6.56. The van der Waals surface area contributed by atoms with Crippen molar-refractivity contribution in [3.63, 3.8) is 0 Å². The fourth-order valence-electron chi connectivity index (χ4n) is 2.02. The van der Waals surface area contributed by atoms with Crippen LogP contribution in [0, 0.1) is 0 Å². The molecule has 6 heteroatoms. The zero-order valence-corrected chi connectivity index (χ0v) is 14.0. The molecule has 2 N–H and O–H groups in total. The first-order valence-corrected chi connectivity index (χ1v) is 9.10. The summed E-state index contributed by atoms with van der Waals surface area (Å²) >= 11 is 0. The third-order valence-corrected chi connectivity index (χ3v) is 4.25. The van der Waals surface area contributed by atoms with Gasteiger partial charge < -0.3 is 15.2 Å². The summed E-state index contributed by atoms with van der Waals surface area (Å²) in [5.41, 5.74) is 6.88. The van der Waals surface area contributed by atoms with E-state index in [0.717, 1.165) is 18.2 Å². The second kappa shape index (κ2) is 7.66. The van der Waals surface area contributed by atoms with Crippen molar-refractivity contribution in [3.05, 3.63) is 17.7 Å². The molecule has 0 aliphatic rings. The van der Waals surface area contributed by atoms with Crippen LogP contribution in [0.4, 0.5) is 0 Å². The molecule has 120 valence electrons. The van der Waals surface area contributed by atoms with Crippen LogP contribution in [0.15, 0.2) is 17.0 Å². The lowest BCUT2D eigenvalue weighted by molar-refractivity contribution is 0.319. The lowest BCUT2D eigenvalue weighted by Crippen LogP contribution is -2.22. The smallest absolute Gasteiger partial charge is 0.179 e. The quantitative estimate of drug-likeness (QED) is 0.795. The summed E-state index contributed by atoms with van der Waals surface area (Å²) in [5.74, 6) is 0.923. The number of hydrogen-bond acceptors (Lipinski definition) is 5. The zero-order chi connectivity index (χ0) is 16.0. The number of hydrogen-bond donors (Lipinski definition) is 1. The summed E-state index contributed by atoms with van der Waals surface area (Å²) in [6.07, 6.45) is 2.62. The standard InChI is InChI=1S/C15H25NO4S/c1-5-12(16)8-11-9-14(20-7-3)15(21(4,17)18)10-13(11)19-6-2/h9-10,12H,5-8,16H2,1-4H3. The van der Waals surface area contributed by atoms with Gasteiger partial charge in [-0.3, -0.25) is 0 Å². The lowest BCUT2D eigenvalue weighted by Gasteiger charge is -2.17. The molecular weight excluding hydrogens is 290 g/mol. The monoisotopic (exact) mass is 315 g/mol. The van der Waals surface area contributed by atoms with Crippen LogP contribution in [0.1, 0.15) is 32.8 Å². The van der Waals surface area contributed by atoms with E-state index >= 15 is 0 Å². The van der Waals surface area contributed by atoms with Gasteiger partial charge in [0.05, 0.1) is 13.2 Å². The van der Waals surface area contributed by atoms with Crippen molar-refractivity contribution in [2.45, 2.75) is 44.6 Å². The van der Waals surface area contributed by atoms with Gasteiger partial charge in [0.15, 0.2) is 9.84 Å². The highest BCUT2D eigenvalue weighted by Gasteiger charge is 2.20. The van der Waals surface area contributed by atoms with E-state index in [9.17, 15) is 8.42 Å². The first-order valence-electron chi connectivity index (χ1n) is 7.21. The zero-order valence-electron chi connectivity index (χ0n) is 13.2. The van der Waals surface area contributed by atoms with Crippen molar-refractivity contribution in [2.75, 3.05) is 19.5 Å². The summed E-state index contributed by atoms with van der Waals surface area (Å²) in [4.78, 5) is 0.154. The molecule has 0 aliphatic carbocycles. The Labute approximate surface area is 127 Å². The Bertz CT molecular complexity index is 569. The Morgan fingerprint density at radius 1 is 1.10 bits per heavy atom. The molecule has 1 rings (SSSR count). The van der Waals surface area contributed by atoms with Crippen LogP contribution in [-0.2, 0) is 16.3 Å². The fraction of sp³-hybridized carbons (Fsp3) is 0.600. The van der Waals surface area contributed by atoms with Gasteiger partial charge in [0, 0.05) is 18.4 Å². The van der Waals surface area contributed by atoms with E-state index < -0.39 is 9.84 Å². The van der Waals surface area contributed by atoms with E-state index in [1.54, 1.807) is 12.1 Å². The minimum Gasteiger partial charge on any atom is -0.494 e. The SMILES string of the molecule is CCOc1cc(S(C)(=O)=O)c(OCC)cc1CC(N)CC. The second-order valence-corrected chi connectivity index (χ2v) is 6.90. The van der Waals surface area contributed by atoms with E-state index in [0.29, 0.717) is 31.1 Å². The van der Waals surface area contributed by atoms with Gasteiger partial charge in [-0.15, -0.1) is 0 Å². The van der Waals surface area contributed by atoms with Crippen molar-refractivity contribution in [2.24, 2.45) is 5.73 Å². The van der Waals surface area contributed by atoms with Crippen molar-refractivity contribution in [1.29, 1.82) is 0 Å². The molecule has 1 unspecified atom stereocenters. The van der Waals surface area contributed by atoms with Gasteiger partial charge in [0.2, 0.25) is 0 Å². The third kappa shape index (κ3) is 4.89. The minimum atomic E-state index is -3.38. The van der Waals surface area contributed by atoms with Gasteiger partial charge in [-0.2, -0.15) is 0 Å². The summed E-state index contributed by atoms with van der Waals surface area (Å²) < 4.78 is 34.9. The lowest BCUT2D eigenvalue weighted by atomic mass is 10.0. The molecule has 0 aromatic heterocycles. The molecule has 1 aromatic carbocycles. The maximum Gasteiger partial charge on any atom is 0.179 e. The van der Waals surface area contributed by atoms with Crippen molar-refractivity contribution >= 4 is 9.84 Å². The number of rotatable bonds is 8. The summed E-state index contributed by atoms with van der Waals surface area (Å²) in [5, 5.41) is 0. The van der Waals surface area contributed by atoms with E-state index in [1.807, 2.05) is 20.8 Å². The first-order chi connectivity index (χ1) is 9.83. The highest BCUT2D eigenvalue weighted by molar-refractivity contribution is 7.90. The second-order valence-electron chi connectivity index (χ2n) is 4.92. The van der Waals surface area contributed by atoms with E-state index in [-0.39, 0.29) is 10.9 Å². The number of sulfone groups is 1. The Morgan fingerprint density at radius 2 is 1.67 bits per heavy atom. The van der Waals surface area contributed by atoms with E-state index in [4.69, 9.17) is 15.2 Å². The highest BCUT2D eigenvalue weighted by Crippen LogP contribution is 2.33. The van der Waals surface area contributed by atoms with Gasteiger partial charge in [-0.1, -0.05) is 6.92 Å². The Hall–Kier alpha value is -1.27. The van der Waals surface area contributed by atoms with E-state index in [1.165, 1.54) is 0 Å². The van der Waals surface area contributed by atoms with Crippen LogP contribution in [0.3, 0.4) is 0 Å². The van der Waals surface area contributed by atoms with Crippen LogP contribution >= 0.6 is 0 Å². The highest BCUT2D eigenvalue weighted by atomic mass is 32.2. The fourth-order valence-corrected chi connectivity index (χ4v) is 2.82. The van der Waals surface area contributed by atoms with E-state index in [2.05, 4.69) is 0 Å². The van der Waals surface area contributed by atoms with Crippen LogP contribution in [0.5, 0.6) is 11.5 Å². The van der Waals surface area contributed by atoms with Crippen molar-refractivity contribution in [3.8, 4) is 11.5 Å². The van der Waals surface area contributed by atoms with Gasteiger partial charge in [0.1, 0.15) is 16.4 Å². The molecular formula is C15H25NO4S. The van der Waals surface area contributed by atoms with Gasteiger partial charge >= 0.3 is 0 Å². The maximum atomic E-state index is 11.9. The maximum absolute atomic E-state index is 11.9. The molecule has 0 aliphatic heterocycles. The molecule has 0 heterocycles. The van der Waals surface area contributed by atoms with Gasteiger partial charge in [-0.05, 0) is 38.3 Å². The number of ether oxygens (including phenoxy) is 2. The average Bonchev–Trinajstić information content (AvgIpc) is 2.40. The summed E-state index contributed by atoms with van der Waals surface area (Å²) in [7, 11) is -3.38. The molecule has 1 atom stereocenters. The topological polar surface area (TPSA) is 78.6 Å². The molecule has 0 spiro atoms. The molecule has 0 saturated carbocycles. The molecule has 0 saturated heterocycles. The average molecular weight is 315 g/mol. The Kier molecular flexibility index (Phi) is 6.48. The van der Waals surface area contributed by atoms with Crippen LogP contribution < -0.4 is 15.2 Å². The molecule has 21 heavy (non-hydrogen) atoms. The Balaban J connectivity index is 3.38. The molecule has 0 amide bonds. The third-order valence-electron chi connectivity index (χ3n) is 3.13. The van der Waals surface area contributed by atoms with Crippen LogP contribution in [-0.4, -0.2) is 33.9 Å². The molecule has 0 fully saturated rings. The number of nitrogens with two attached hydrogens (primary N) is 1. The van der Waals surface area contributed by atoms with Crippen molar-refractivity contribution < 1.29 is 17.9 Å². The van der Waals surface area contributed by atoms with Crippen LogP contribution in [0.2, 0.25) is 0 Å². The minimum absolute atomic E-state index is 0.00256. The van der Waals surface area contributed by atoms with Crippen LogP contribution in [0.25, 0.3) is 0 Å². The molecule has 0 bridgehead atoms. The molecule has 0 radical (unpaired) electrons. The summed E-state index contributed by atoms with van der Waals surface area (Å²) in [6, 6.07) is 3.28. The normalized spacial score (nSPS) is 13.0. The first kappa shape index (κ1) is 17.8. The molecule has 5 nitrogen and oxygen atoms in total. The van der Waals surface area contributed by atoms with Crippen molar-refractivity contribution in [1.82, 2.24) is 0 Å². The Morgan fingerprint density at radius 3 is 2.14 bits per heavy atom. The largest absolute Gasteiger partial charge is 0.494 e. The van der Waals surface area contributed by atoms with Gasteiger partial charge in [0.25, 0.3) is 0 Å². The predicted octanol–water partition coefficient (Wildman–Crippen LogP) is 2.17. The van der Waals surface area contributed by atoms with Gasteiger partial charge in [-0.25, -0.2) is 8.42 Å². The number of benzene rings is 1. The molecule has 1 aromatic rings.